The topological polar surface area (TPSA) is 194 Å². The molecule has 0 bridgehead atoms. The highest BCUT2D eigenvalue weighted by molar-refractivity contribution is 6.45. The van der Waals surface area contributed by atoms with Crippen LogP contribution < -0.4 is 21.2 Å². The van der Waals surface area contributed by atoms with Crippen LogP contribution in [0.25, 0.3) is 21.8 Å². The van der Waals surface area contributed by atoms with Crippen molar-refractivity contribution in [2.24, 2.45) is 0 Å². The summed E-state index contributed by atoms with van der Waals surface area (Å²) in [7, 11) is 3.75. The number of nitrogens with zero attached hydrogens (tertiary/aromatic N) is 5. The molecule has 4 heterocycles. The Kier molecular flexibility index (Phi) is 10.6. The van der Waals surface area contributed by atoms with Crippen molar-refractivity contribution in [2.45, 2.75) is 13.1 Å². The van der Waals surface area contributed by atoms with Crippen LogP contribution in [0.1, 0.15) is 11.1 Å². The van der Waals surface area contributed by atoms with Gasteiger partial charge in [-0.1, -0.05) is 59.5 Å². The lowest BCUT2D eigenvalue weighted by molar-refractivity contribution is 0.403. The van der Waals surface area contributed by atoms with Crippen LogP contribution in [0.3, 0.4) is 0 Å². The number of hydrogen-bond donors (Lipinski definition) is 3. The molecule has 0 saturated heterocycles. The third kappa shape index (κ3) is 6.88. The van der Waals surface area contributed by atoms with Gasteiger partial charge in [0.25, 0.3) is 5.56 Å². The monoisotopic (exact) mass is 554 g/mol. The number of hydrogen-bond acceptors (Lipinski definition) is 7. The minimum atomic E-state index is -0.131. The summed E-state index contributed by atoms with van der Waals surface area (Å²) < 4.78 is 8.90. The standard InChI is InChI=1S/C14H13BN3O2.C13H11BN3O2.2H2O/c1-20-14-12-8-17-18(13(12)6-7-16-14)9-10-2-4-11(15-19)5-3-10;18-13-11-7-16-17(12(11)5-6-15-13)8-9-1-3-10(14-19)4-2-9;;/h2-8,19H,9H2,1H3;1-7,19H,8H2,(H,15,18);2*1H2. The highest BCUT2D eigenvalue weighted by Gasteiger charge is 2.09. The van der Waals surface area contributed by atoms with Crippen molar-refractivity contribution < 1.29 is 25.7 Å². The number of benzene rings is 2. The van der Waals surface area contributed by atoms with Crippen LogP contribution >= 0.6 is 0 Å². The summed E-state index contributed by atoms with van der Waals surface area (Å²) in [6.07, 6.45) is 6.66. The molecule has 4 aromatic heterocycles. The van der Waals surface area contributed by atoms with E-state index >= 15 is 0 Å². The molecule has 208 valence electrons. The zero-order chi connectivity index (χ0) is 27.2. The van der Waals surface area contributed by atoms with Gasteiger partial charge in [0.05, 0.1) is 54.4 Å². The van der Waals surface area contributed by atoms with Crippen molar-refractivity contribution in [3.8, 4) is 5.88 Å². The molecule has 12 nitrogen and oxygen atoms in total. The second kappa shape index (κ2) is 14.1. The molecule has 2 aromatic carbocycles. The maximum absolute atomic E-state index is 11.6. The maximum Gasteiger partial charge on any atom is 0.326 e. The Morgan fingerprint density at radius 3 is 1.80 bits per heavy atom. The first-order chi connectivity index (χ1) is 19.1. The summed E-state index contributed by atoms with van der Waals surface area (Å²) in [6.45, 7) is 1.24. The van der Waals surface area contributed by atoms with E-state index in [-0.39, 0.29) is 16.5 Å². The Balaban J connectivity index is 0.000000215. The number of aromatic amines is 1. The molecule has 0 aliphatic rings. The molecule has 6 rings (SSSR count). The van der Waals surface area contributed by atoms with Gasteiger partial charge in [-0.15, -0.1) is 0 Å². The lowest BCUT2D eigenvalue weighted by Gasteiger charge is -2.05. The number of H-pyrrole nitrogens is 1. The Hall–Kier alpha value is -4.75. The van der Waals surface area contributed by atoms with Gasteiger partial charge in [-0.05, 0) is 23.3 Å². The van der Waals surface area contributed by atoms with Crippen molar-refractivity contribution in [1.82, 2.24) is 29.5 Å². The first-order valence-corrected chi connectivity index (χ1v) is 12.1. The zero-order valence-electron chi connectivity index (χ0n) is 22.1. The molecular weight excluding hydrogens is 526 g/mol. The van der Waals surface area contributed by atoms with E-state index in [4.69, 9.17) is 14.8 Å². The van der Waals surface area contributed by atoms with Crippen molar-refractivity contribution >= 4 is 47.7 Å². The minimum Gasteiger partial charge on any atom is -0.480 e. The van der Waals surface area contributed by atoms with Gasteiger partial charge in [0.15, 0.2) is 0 Å². The largest absolute Gasteiger partial charge is 0.480 e. The molecule has 14 heteroatoms. The number of ether oxygens (including phenoxy) is 1. The van der Waals surface area contributed by atoms with Crippen LogP contribution in [-0.2, 0) is 13.1 Å². The lowest BCUT2D eigenvalue weighted by Crippen LogP contribution is -2.13. The Labute approximate surface area is 236 Å². The minimum absolute atomic E-state index is 0. The van der Waals surface area contributed by atoms with Crippen LogP contribution in [0.15, 0.2) is 90.2 Å². The Morgan fingerprint density at radius 1 is 0.780 bits per heavy atom. The summed E-state index contributed by atoms with van der Waals surface area (Å²) in [4.78, 5) is 18.4. The van der Waals surface area contributed by atoms with E-state index in [0.717, 1.165) is 53.4 Å². The first-order valence-electron chi connectivity index (χ1n) is 12.1. The van der Waals surface area contributed by atoms with Crippen molar-refractivity contribution in [3.05, 3.63) is 107 Å². The molecule has 0 aliphatic carbocycles. The normalized spacial score (nSPS) is 10.2. The van der Waals surface area contributed by atoms with Crippen LogP contribution in [0.2, 0.25) is 0 Å². The Morgan fingerprint density at radius 2 is 1.29 bits per heavy atom. The first kappa shape index (κ1) is 30.8. The molecule has 0 unspecified atom stereocenters. The molecule has 0 spiro atoms. The number of nitrogens with one attached hydrogen (secondary N) is 1. The quantitative estimate of drug-likeness (QED) is 0.213. The van der Waals surface area contributed by atoms with E-state index in [1.54, 1.807) is 36.6 Å². The van der Waals surface area contributed by atoms with Crippen molar-refractivity contribution in [1.29, 1.82) is 0 Å². The third-order valence-electron chi connectivity index (χ3n) is 6.23. The van der Waals surface area contributed by atoms with Gasteiger partial charge in [0.2, 0.25) is 5.88 Å². The van der Waals surface area contributed by atoms with Crippen LogP contribution in [0, 0.1) is 0 Å². The molecule has 2 radical (unpaired) electrons. The number of fused-ring (bicyclic) bond motifs is 2. The fourth-order valence-corrected chi connectivity index (χ4v) is 4.18. The van der Waals surface area contributed by atoms with Crippen LogP contribution in [0.5, 0.6) is 5.88 Å². The molecule has 6 aromatic rings. The van der Waals surface area contributed by atoms with E-state index in [1.165, 1.54) is 0 Å². The number of pyridine rings is 2. The highest BCUT2D eigenvalue weighted by atomic mass is 16.5. The van der Waals surface area contributed by atoms with E-state index in [9.17, 15) is 4.79 Å². The number of methoxy groups -OCH3 is 1. The molecule has 7 N–H and O–H groups in total. The van der Waals surface area contributed by atoms with E-state index in [0.29, 0.717) is 24.4 Å². The average Bonchev–Trinajstić information content (AvgIpc) is 3.59. The van der Waals surface area contributed by atoms with Crippen LogP contribution in [-0.4, -0.2) is 72.6 Å². The second-order valence-corrected chi connectivity index (χ2v) is 8.70. The second-order valence-electron chi connectivity index (χ2n) is 8.70. The zero-order valence-corrected chi connectivity index (χ0v) is 22.1. The van der Waals surface area contributed by atoms with Gasteiger partial charge in [0.1, 0.15) is 0 Å². The van der Waals surface area contributed by atoms with Gasteiger partial charge in [-0.3, -0.25) is 14.2 Å². The van der Waals surface area contributed by atoms with Crippen LogP contribution in [0.4, 0.5) is 0 Å². The van der Waals surface area contributed by atoms with E-state index in [1.807, 2.05) is 65.3 Å². The number of rotatable bonds is 7. The lowest BCUT2D eigenvalue weighted by atomic mass is 9.88. The summed E-state index contributed by atoms with van der Waals surface area (Å²) in [5.41, 5.74) is 5.35. The SMILES string of the molecule is COc1nccc2c1cnn2Cc1ccc([B]O)cc1.O.O.O=c1[nH]ccc2c1cnn2Cc1ccc([B]O)cc1. The predicted octanol–water partition coefficient (Wildman–Crippen LogP) is -0.915. The van der Waals surface area contributed by atoms with E-state index < -0.39 is 0 Å². The summed E-state index contributed by atoms with van der Waals surface area (Å²) in [6, 6.07) is 18.9. The van der Waals surface area contributed by atoms with Gasteiger partial charge in [-0.2, -0.15) is 10.2 Å². The van der Waals surface area contributed by atoms with E-state index in [2.05, 4.69) is 20.2 Å². The molecule has 0 saturated carbocycles. The van der Waals surface area contributed by atoms with Gasteiger partial charge >= 0.3 is 15.0 Å². The molecular formula is C27H28B2N6O6. The van der Waals surface area contributed by atoms with Crippen molar-refractivity contribution in [3.63, 3.8) is 0 Å². The maximum atomic E-state index is 11.6. The molecule has 0 fully saturated rings. The molecule has 0 atom stereocenters. The number of aromatic nitrogens is 6. The van der Waals surface area contributed by atoms with Gasteiger partial charge in [-0.25, -0.2) is 4.98 Å². The predicted molar refractivity (Wildman–Crippen MR) is 158 cm³/mol. The fraction of sp³-hybridized carbons (Fsp3) is 0.111. The third-order valence-corrected chi connectivity index (χ3v) is 6.23. The molecule has 0 amide bonds. The summed E-state index contributed by atoms with van der Waals surface area (Å²) in [5, 5.41) is 27.9. The smallest absolute Gasteiger partial charge is 0.326 e. The fourth-order valence-electron chi connectivity index (χ4n) is 4.18. The van der Waals surface area contributed by atoms with Gasteiger partial charge < -0.3 is 30.7 Å². The highest BCUT2D eigenvalue weighted by Crippen LogP contribution is 2.22. The molecule has 41 heavy (non-hydrogen) atoms. The van der Waals surface area contributed by atoms with Gasteiger partial charge in [0, 0.05) is 12.4 Å². The summed E-state index contributed by atoms with van der Waals surface area (Å²) >= 11 is 0. The average molecular weight is 554 g/mol. The molecule has 0 aliphatic heterocycles. The Bertz CT molecular complexity index is 1750. The summed E-state index contributed by atoms with van der Waals surface area (Å²) in [5.74, 6) is 0.582. The van der Waals surface area contributed by atoms with Crippen molar-refractivity contribution in [2.75, 3.05) is 7.11 Å².